The maximum atomic E-state index is 12.5. The van der Waals surface area contributed by atoms with Gasteiger partial charge >= 0.3 is 0 Å². The first kappa shape index (κ1) is 18.7. The largest absolute Gasteiger partial charge is 0.496 e. The van der Waals surface area contributed by atoms with Crippen LogP contribution in [0.4, 0.5) is 5.13 Å². The number of carbonyl (C=O) groups excluding carboxylic acids is 1. The molecule has 26 heavy (non-hydrogen) atoms. The second-order valence-electron chi connectivity index (χ2n) is 5.20. The first-order valence-electron chi connectivity index (χ1n) is 7.63. The Labute approximate surface area is 163 Å². The molecule has 1 amide bonds. The number of hydrogen-bond acceptors (Lipinski definition) is 8. The van der Waals surface area contributed by atoms with Crippen LogP contribution in [0.3, 0.4) is 0 Å². The summed E-state index contributed by atoms with van der Waals surface area (Å²) >= 11 is 4.66. The number of hydrogen-bond donors (Lipinski definition) is 1. The third kappa shape index (κ3) is 4.35. The normalized spacial score (nSPS) is 10.6. The third-order valence-corrected chi connectivity index (χ3v) is 6.64. The maximum absolute atomic E-state index is 12.5. The van der Waals surface area contributed by atoms with E-state index in [-0.39, 0.29) is 5.91 Å². The number of benzene rings is 1. The van der Waals surface area contributed by atoms with Gasteiger partial charge in [0.15, 0.2) is 4.34 Å². The molecule has 0 fully saturated rings. The molecule has 0 spiro atoms. The van der Waals surface area contributed by atoms with Crippen LogP contribution in [0.15, 0.2) is 34.0 Å². The van der Waals surface area contributed by atoms with Crippen LogP contribution in [0.1, 0.15) is 20.8 Å². The Morgan fingerprint density at radius 1 is 1.23 bits per heavy atom. The van der Waals surface area contributed by atoms with Crippen LogP contribution in [0.25, 0.3) is 0 Å². The topological polar surface area (TPSA) is 73.3 Å². The zero-order chi connectivity index (χ0) is 18.5. The Bertz CT molecular complexity index is 869. The SMILES string of the molecule is COc1cc(C(=O)Nc2nnc(SCc3cccs3)s2)cc(OC)c1C. The van der Waals surface area contributed by atoms with E-state index in [9.17, 15) is 4.79 Å². The van der Waals surface area contributed by atoms with Crippen molar-refractivity contribution in [3.63, 3.8) is 0 Å². The molecule has 2 heterocycles. The van der Waals surface area contributed by atoms with Gasteiger partial charge in [0.2, 0.25) is 5.13 Å². The monoisotopic (exact) mass is 407 g/mol. The molecule has 0 unspecified atom stereocenters. The van der Waals surface area contributed by atoms with E-state index in [4.69, 9.17) is 9.47 Å². The van der Waals surface area contributed by atoms with Crippen molar-refractivity contribution in [2.24, 2.45) is 0 Å². The summed E-state index contributed by atoms with van der Waals surface area (Å²) < 4.78 is 11.4. The molecule has 0 aliphatic heterocycles. The number of carbonyl (C=O) groups is 1. The Morgan fingerprint density at radius 2 is 1.96 bits per heavy atom. The van der Waals surface area contributed by atoms with Gasteiger partial charge in [-0.25, -0.2) is 0 Å². The molecule has 0 saturated heterocycles. The lowest BCUT2D eigenvalue weighted by atomic mass is 10.1. The molecule has 0 aliphatic carbocycles. The molecule has 0 saturated carbocycles. The van der Waals surface area contributed by atoms with Gasteiger partial charge in [0.25, 0.3) is 5.91 Å². The van der Waals surface area contributed by atoms with E-state index in [0.717, 1.165) is 15.7 Å². The standard InChI is InChI=1S/C17H17N3O3S3/c1-10-13(22-2)7-11(8-14(10)23-3)15(21)18-16-19-20-17(26-16)25-9-12-5-4-6-24-12/h4-8H,9H2,1-3H3,(H,18,19,21). The highest BCUT2D eigenvalue weighted by Crippen LogP contribution is 2.31. The number of nitrogens with zero attached hydrogens (tertiary/aromatic N) is 2. The number of methoxy groups -OCH3 is 2. The smallest absolute Gasteiger partial charge is 0.257 e. The minimum absolute atomic E-state index is 0.285. The average Bonchev–Trinajstić information content (AvgIpc) is 3.31. The summed E-state index contributed by atoms with van der Waals surface area (Å²) in [5.74, 6) is 1.75. The molecular weight excluding hydrogens is 390 g/mol. The molecule has 0 atom stereocenters. The third-order valence-electron chi connectivity index (χ3n) is 3.56. The minimum Gasteiger partial charge on any atom is -0.496 e. The molecule has 3 aromatic rings. The first-order chi connectivity index (χ1) is 12.6. The van der Waals surface area contributed by atoms with Gasteiger partial charge in [-0.2, -0.15) is 0 Å². The summed E-state index contributed by atoms with van der Waals surface area (Å²) in [6.07, 6.45) is 0. The van der Waals surface area contributed by atoms with E-state index in [1.807, 2.05) is 18.4 Å². The highest BCUT2D eigenvalue weighted by molar-refractivity contribution is 8.00. The second kappa shape index (κ2) is 8.52. The lowest BCUT2D eigenvalue weighted by molar-refractivity contribution is 0.102. The highest BCUT2D eigenvalue weighted by atomic mass is 32.2. The van der Waals surface area contributed by atoms with Crippen LogP contribution in [-0.2, 0) is 5.75 Å². The highest BCUT2D eigenvalue weighted by Gasteiger charge is 2.15. The molecule has 6 nitrogen and oxygen atoms in total. The van der Waals surface area contributed by atoms with Crippen molar-refractivity contribution in [3.05, 3.63) is 45.6 Å². The molecule has 2 aromatic heterocycles. The van der Waals surface area contributed by atoms with Gasteiger partial charge in [-0.15, -0.1) is 21.5 Å². The Hall–Kier alpha value is -2.10. The van der Waals surface area contributed by atoms with Crippen LogP contribution < -0.4 is 14.8 Å². The van der Waals surface area contributed by atoms with Gasteiger partial charge in [0.1, 0.15) is 11.5 Å². The second-order valence-corrected chi connectivity index (χ2v) is 8.43. The van der Waals surface area contributed by atoms with E-state index < -0.39 is 0 Å². The Balaban J connectivity index is 1.68. The Kier molecular flexibility index (Phi) is 6.12. The number of thiophene rings is 1. The van der Waals surface area contributed by atoms with Gasteiger partial charge in [0, 0.05) is 21.8 Å². The van der Waals surface area contributed by atoms with E-state index in [1.54, 1.807) is 49.5 Å². The number of anilines is 1. The van der Waals surface area contributed by atoms with Gasteiger partial charge in [-0.3, -0.25) is 10.1 Å². The van der Waals surface area contributed by atoms with Gasteiger partial charge < -0.3 is 9.47 Å². The number of rotatable bonds is 7. The van der Waals surface area contributed by atoms with Crippen molar-refractivity contribution < 1.29 is 14.3 Å². The fourth-order valence-electron chi connectivity index (χ4n) is 2.23. The maximum Gasteiger partial charge on any atom is 0.257 e. The zero-order valence-corrected chi connectivity index (χ0v) is 16.9. The predicted molar refractivity (Wildman–Crippen MR) is 106 cm³/mol. The summed E-state index contributed by atoms with van der Waals surface area (Å²) in [7, 11) is 3.12. The van der Waals surface area contributed by atoms with E-state index in [1.165, 1.54) is 16.2 Å². The molecule has 0 aliphatic rings. The van der Waals surface area contributed by atoms with Gasteiger partial charge in [-0.1, -0.05) is 29.2 Å². The van der Waals surface area contributed by atoms with Crippen molar-refractivity contribution in [2.45, 2.75) is 17.0 Å². The fourth-order valence-corrected chi connectivity index (χ4v) is 4.75. The molecule has 1 N–H and O–H groups in total. The summed E-state index contributed by atoms with van der Waals surface area (Å²) in [6, 6.07) is 7.47. The van der Waals surface area contributed by atoms with Crippen LogP contribution in [0.5, 0.6) is 11.5 Å². The molecule has 0 radical (unpaired) electrons. The minimum atomic E-state index is -0.285. The first-order valence-corrected chi connectivity index (χ1v) is 10.3. The van der Waals surface area contributed by atoms with Crippen molar-refractivity contribution in [1.82, 2.24) is 10.2 Å². The van der Waals surface area contributed by atoms with Crippen molar-refractivity contribution in [1.29, 1.82) is 0 Å². The summed E-state index contributed by atoms with van der Waals surface area (Å²) in [4.78, 5) is 13.8. The lowest BCUT2D eigenvalue weighted by Gasteiger charge is -2.12. The number of amides is 1. The summed E-state index contributed by atoms with van der Waals surface area (Å²) in [5.41, 5.74) is 1.28. The van der Waals surface area contributed by atoms with E-state index >= 15 is 0 Å². The molecular formula is C17H17N3O3S3. The molecule has 9 heteroatoms. The van der Waals surface area contributed by atoms with Crippen LogP contribution in [-0.4, -0.2) is 30.3 Å². The van der Waals surface area contributed by atoms with Gasteiger partial charge in [0.05, 0.1) is 14.2 Å². The fraction of sp³-hybridized carbons (Fsp3) is 0.235. The number of aromatic nitrogens is 2. The summed E-state index contributed by atoms with van der Waals surface area (Å²) in [6.45, 7) is 1.88. The quantitative estimate of drug-likeness (QED) is 0.460. The lowest BCUT2D eigenvalue weighted by Crippen LogP contribution is -2.12. The van der Waals surface area contributed by atoms with Crippen molar-refractivity contribution >= 4 is 45.5 Å². The average molecular weight is 408 g/mol. The molecule has 1 aromatic carbocycles. The van der Waals surface area contributed by atoms with Crippen LogP contribution in [0.2, 0.25) is 0 Å². The molecule has 3 rings (SSSR count). The number of nitrogens with one attached hydrogen (secondary N) is 1. The number of thioether (sulfide) groups is 1. The van der Waals surface area contributed by atoms with Crippen molar-refractivity contribution in [2.75, 3.05) is 19.5 Å². The molecule has 0 bridgehead atoms. The van der Waals surface area contributed by atoms with Crippen LogP contribution >= 0.6 is 34.4 Å². The summed E-state index contributed by atoms with van der Waals surface area (Å²) in [5, 5.41) is 13.4. The zero-order valence-electron chi connectivity index (χ0n) is 14.4. The van der Waals surface area contributed by atoms with Crippen molar-refractivity contribution in [3.8, 4) is 11.5 Å². The van der Waals surface area contributed by atoms with Crippen LogP contribution in [0, 0.1) is 6.92 Å². The van der Waals surface area contributed by atoms with Gasteiger partial charge in [-0.05, 0) is 30.5 Å². The predicted octanol–water partition coefficient (Wildman–Crippen LogP) is 4.47. The van der Waals surface area contributed by atoms with E-state index in [2.05, 4.69) is 21.6 Å². The number of ether oxygens (including phenoxy) is 2. The Morgan fingerprint density at radius 3 is 2.58 bits per heavy atom. The molecule has 136 valence electrons. The van der Waals surface area contributed by atoms with E-state index in [0.29, 0.717) is 22.2 Å².